The first-order valence-electron chi connectivity index (χ1n) is 9.08. The van der Waals surface area contributed by atoms with E-state index in [2.05, 4.69) is 10.4 Å². The second-order valence-corrected chi connectivity index (χ2v) is 7.78. The number of carbonyl (C=O) groups is 2. The molecule has 2 aromatic carbocycles. The van der Waals surface area contributed by atoms with Crippen LogP contribution in [0.25, 0.3) is 16.9 Å². The number of nitrogens with one attached hydrogen (secondary N) is 1. The lowest BCUT2D eigenvalue weighted by Crippen LogP contribution is -2.32. The van der Waals surface area contributed by atoms with Crippen LogP contribution in [0.15, 0.2) is 42.5 Å². The smallest absolute Gasteiger partial charge is 0.294 e. The number of ketones is 1. The third kappa shape index (κ3) is 4.68. The molecule has 0 saturated heterocycles. The van der Waals surface area contributed by atoms with E-state index in [-0.39, 0.29) is 18.8 Å². The summed E-state index contributed by atoms with van der Waals surface area (Å²) in [6, 6.07) is 12.0. The molecule has 0 unspecified atom stereocenters. The van der Waals surface area contributed by atoms with Crippen LogP contribution in [0.5, 0.6) is 0 Å². The molecule has 2 N–H and O–H groups in total. The second kappa shape index (κ2) is 9.62. The minimum absolute atomic E-state index is 0.00691. The number of aromatic nitrogens is 2. The number of aliphatic hydroxyl groups excluding tert-OH is 1. The van der Waals surface area contributed by atoms with E-state index >= 15 is 0 Å². The number of benzene rings is 2. The molecule has 3 aromatic rings. The summed E-state index contributed by atoms with van der Waals surface area (Å²) in [5.41, 5.74) is 2.38. The molecule has 0 saturated carbocycles. The van der Waals surface area contributed by atoms with Gasteiger partial charge in [-0.3, -0.25) is 9.59 Å². The monoisotopic (exact) mass is 465 g/mol. The molecule has 6 nitrogen and oxygen atoms in total. The summed E-state index contributed by atoms with van der Waals surface area (Å²) in [5, 5.41) is 17.1. The van der Waals surface area contributed by atoms with Crippen LogP contribution >= 0.6 is 34.8 Å². The van der Waals surface area contributed by atoms with Gasteiger partial charge >= 0.3 is 0 Å². The Morgan fingerprint density at radius 1 is 1.07 bits per heavy atom. The average Bonchev–Trinajstić information content (AvgIpc) is 3.05. The van der Waals surface area contributed by atoms with Crippen molar-refractivity contribution in [3.05, 3.63) is 68.8 Å². The van der Waals surface area contributed by atoms with E-state index in [4.69, 9.17) is 39.9 Å². The average molecular weight is 467 g/mol. The number of nitrogens with zero attached hydrogens (tertiary/aromatic N) is 2. The van der Waals surface area contributed by atoms with Crippen LogP contribution in [-0.2, 0) is 4.79 Å². The highest BCUT2D eigenvalue weighted by atomic mass is 35.5. The zero-order valence-electron chi connectivity index (χ0n) is 16.0. The van der Waals surface area contributed by atoms with Gasteiger partial charge in [-0.15, -0.1) is 0 Å². The summed E-state index contributed by atoms with van der Waals surface area (Å²) < 4.78 is 1.52. The van der Waals surface area contributed by atoms with Gasteiger partial charge in [-0.1, -0.05) is 46.9 Å². The fourth-order valence-corrected chi connectivity index (χ4v) is 3.57. The molecule has 0 bridgehead atoms. The molecule has 0 fully saturated rings. The number of aliphatic hydroxyl groups is 1. The van der Waals surface area contributed by atoms with Gasteiger partial charge in [0.05, 0.1) is 16.4 Å². The fraction of sp³-hybridized carbons (Fsp3) is 0.190. The zero-order chi connectivity index (χ0) is 21.8. The van der Waals surface area contributed by atoms with Crippen molar-refractivity contribution in [1.82, 2.24) is 15.1 Å². The molecule has 1 amide bonds. The summed E-state index contributed by atoms with van der Waals surface area (Å²) in [7, 11) is 0. The Labute approximate surface area is 188 Å². The van der Waals surface area contributed by atoms with Crippen molar-refractivity contribution in [3.63, 3.8) is 0 Å². The van der Waals surface area contributed by atoms with E-state index in [1.165, 1.54) is 4.68 Å². The van der Waals surface area contributed by atoms with Crippen molar-refractivity contribution in [2.45, 2.75) is 13.3 Å². The Morgan fingerprint density at radius 3 is 2.37 bits per heavy atom. The summed E-state index contributed by atoms with van der Waals surface area (Å²) >= 11 is 18.4. The molecule has 30 heavy (non-hydrogen) atoms. The first kappa shape index (κ1) is 22.3. The second-order valence-electron chi connectivity index (χ2n) is 6.50. The maximum Gasteiger partial charge on any atom is 0.294 e. The van der Waals surface area contributed by atoms with Crippen LogP contribution in [0.2, 0.25) is 15.1 Å². The largest absolute Gasteiger partial charge is 0.396 e. The van der Waals surface area contributed by atoms with Gasteiger partial charge in [-0.2, -0.15) is 5.10 Å². The van der Waals surface area contributed by atoms with Crippen molar-refractivity contribution < 1.29 is 14.7 Å². The predicted octanol–water partition coefficient (Wildman–Crippen LogP) is 4.49. The normalized spacial score (nSPS) is 10.8. The molecule has 0 aliphatic heterocycles. The Morgan fingerprint density at radius 2 is 1.73 bits per heavy atom. The molecule has 0 aliphatic carbocycles. The molecule has 0 spiro atoms. The topological polar surface area (TPSA) is 84.2 Å². The Hall–Kier alpha value is -2.38. The summed E-state index contributed by atoms with van der Waals surface area (Å²) in [6.45, 7) is 1.82. The fourth-order valence-electron chi connectivity index (χ4n) is 2.95. The molecule has 0 atom stereocenters. The van der Waals surface area contributed by atoms with Gasteiger partial charge in [0.25, 0.3) is 11.7 Å². The highest BCUT2D eigenvalue weighted by Crippen LogP contribution is 2.33. The van der Waals surface area contributed by atoms with Gasteiger partial charge in [0.2, 0.25) is 0 Å². The molecule has 0 aliphatic rings. The lowest BCUT2D eigenvalue weighted by molar-refractivity contribution is -0.117. The van der Waals surface area contributed by atoms with Gasteiger partial charge in [0.15, 0.2) is 0 Å². The van der Waals surface area contributed by atoms with Gasteiger partial charge in [0, 0.05) is 34.3 Å². The van der Waals surface area contributed by atoms with Gasteiger partial charge < -0.3 is 10.4 Å². The number of hydrogen-bond donors (Lipinski definition) is 2. The van der Waals surface area contributed by atoms with Crippen molar-refractivity contribution in [1.29, 1.82) is 0 Å². The summed E-state index contributed by atoms with van der Waals surface area (Å²) in [4.78, 5) is 25.0. The third-order valence-corrected chi connectivity index (χ3v) is 5.21. The number of Topliss-reactive ketones (excluding diaryl/α,β-unsaturated/α-hetero) is 1. The van der Waals surface area contributed by atoms with Crippen LogP contribution in [0.1, 0.15) is 22.5 Å². The maximum absolute atomic E-state index is 12.8. The van der Waals surface area contributed by atoms with Gasteiger partial charge in [-0.05, 0) is 43.7 Å². The third-order valence-electron chi connectivity index (χ3n) is 4.42. The maximum atomic E-state index is 12.8. The lowest BCUT2D eigenvalue weighted by atomic mass is 10.0. The molecule has 156 valence electrons. The van der Waals surface area contributed by atoms with Crippen LogP contribution in [0, 0.1) is 6.92 Å². The molecule has 9 heteroatoms. The van der Waals surface area contributed by atoms with E-state index in [0.29, 0.717) is 38.4 Å². The first-order valence-corrected chi connectivity index (χ1v) is 10.2. The standard InChI is InChI=1S/C21H18Cl3N3O3/c1-12-18(20(29)21(30)25-9-2-10-28)26-27(17-8-7-15(23)11-16(17)24)19(12)13-3-5-14(22)6-4-13/h3-8,11,28H,2,9-10H2,1H3,(H,25,30). The molecular weight excluding hydrogens is 449 g/mol. The molecule has 1 aromatic heterocycles. The van der Waals surface area contributed by atoms with E-state index in [1.54, 1.807) is 49.4 Å². The van der Waals surface area contributed by atoms with E-state index in [9.17, 15) is 9.59 Å². The van der Waals surface area contributed by atoms with Crippen LogP contribution in [0.4, 0.5) is 0 Å². The van der Waals surface area contributed by atoms with Crippen molar-refractivity contribution in [3.8, 4) is 16.9 Å². The number of hydrogen-bond acceptors (Lipinski definition) is 4. The molecular formula is C21H18Cl3N3O3. The molecule has 3 rings (SSSR count). The minimum Gasteiger partial charge on any atom is -0.396 e. The number of amides is 1. The van der Waals surface area contributed by atoms with Crippen LogP contribution in [0.3, 0.4) is 0 Å². The summed E-state index contributed by atoms with van der Waals surface area (Å²) in [6.07, 6.45) is 0.350. The van der Waals surface area contributed by atoms with Crippen LogP contribution < -0.4 is 5.32 Å². The van der Waals surface area contributed by atoms with Crippen molar-refractivity contribution in [2.24, 2.45) is 0 Å². The Bertz CT molecular complexity index is 1090. The number of carbonyl (C=O) groups excluding carboxylic acids is 2. The SMILES string of the molecule is Cc1c(C(=O)C(=O)NCCCO)nn(-c2ccc(Cl)cc2Cl)c1-c1ccc(Cl)cc1. The number of rotatable bonds is 7. The number of halogens is 3. The minimum atomic E-state index is -0.791. The highest BCUT2D eigenvalue weighted by Gasteiger charge is 2.27. The van der Waals surface area contributed by atoms with Gasteiger partial charge in [-0.25, -0.2) is 4.68 Å². The first-order chi connectivity index (χ1) is 14.3. The molecule has 1 heterocycles. The zero-order valence-corrected chi connectivity index (χ0v) is 18.2. The van der Waals surface area contributed by atoms with Crippen molar-refractivity contribution >= 4 is 46.5 Å². The quantitative estimate of drug-likeness (QED) is 0.305. The van der Waals surface area contributed by atoms with Crippen molar-refractivity contribution in [2.75, 3.05) is 13.2 Å². The van der Waals surface area contributed by atoms with Gasteiger partial charge in [0.1, 0.15) is 5.69 Å². The van der Waals surface area contributed by atoms with E-state index < -0.39 is 11.7 Å². The van der Waals surface area contributed by atoms with Crippen LogP contribution in [-0.4, -0.2) is 39.7 Å². The lowest BCUT2D eigenvalue weighted by Gasteiger charge is -2.11. The Balaban J connectivity index is 2.13. The summed E-state index contributed by atoms with van der Waals surface area (Å²) in [5.74, 6) is -1.56. The van der Waals surface area contributed by atoms with E-state index in [0.717, 1.165) is 5.56 Å². The highest BCUT2D eigenvalue weighted by molar-refractivity contribution is 6.42. The molecule has 0 radical (unpaired) electrons. The predicted molar refractivity (Wildman–Crippen MR) is 118 cm³/mol. The van der Waals surface area contributed by atoms with E-state index in [1.807, 2.05) is 0 Å². The Kier molecular flexibility index (Phi) is 7.15.